The third kappa shape index (κ3) is 3.92. The topological polar surface area (TPSA) is 65.4 Å². The van der Waals surface area contributed by atoms with Crippen LogP contribution in [0.3, 0.4) is 0 Å². The monoisotopic (exact) mass is 265 g/mol. The van der Waals surface area contributed by atoms with Crippen molar-refractivity contribution >= 4 is 5.91 Å². The lowest BCUT2D eigenvalue weighted by Crippen LogP contribution is -2.54. The van der Waals surface area contributed by atoms with Gasteiger partial charge in [-0.15, -0.1) is 0 Å². The maximum atomic E-state index is 12.1. The first-order valence-corrected chi connectivity index (χ1v) is 7.16. The van der Waals surface area contributed by atoms with Crippen molar-refractivity contribution in [3.05, 3.63) is 0 Å². The molecule has 5 nitrogen and oxygen atoms in total. The zero-order chi connectivity index (χ0) is 13.7. The summed E-state index contributed by atoms with van der Waals surface area (Å²) in [7, 11) is 2.04. The maximum absolute atomic E-state index is 12.1. The standard InChI is InChI=1S/C14H23N3O2/c1-17-7-5-14(11-15,6-8-17)16-13(18)10-12-4-2-3-9-19-12/h12H,2-10H2,1H3,(H,16,18). The summed E-state index contributed by atoms with van der Waals surface area (Å²) in [6, 6.07) is 2.31. The second-order valence-corrected chi connectivity index (χ2v) is 5.74. The Hall–Kier alpha value is -1.12. The SMILES string of the molecule is CN1CCC(C#N)(NC(=O)CC2CCCCO2)CC1. The van der Waals surface area contributed by atoms with Gasteiger partial charge in [-0.05, 0) is 39.2 Å². The molecule has 2 fully saturated rings. The molecule has 0 aromatic heterocycles. The third-order valence-corrected chi connectivity index (χ3v) is 4.12. The number of nitrogens with one attached hydrogen (secondary N) is 1. The third-order valence-electron chi connectivity index (χ3n) is 4.12. The van der Waals surface area contributed by atoms with Crippen LogP contribution < -0.4 is 5.32 Å². The molecule has 1 atom stereocenters. The van der Waals surface area contributed by atoms with Crippen LogP contribution in [0.4, 0.5) is 0 Å². The fourth-order valence-electron chi connectivity index (χ4n) is 2.76. The average Bonchev–Trinajstić information content (AvgIpc) is 2.43. The smallest absolute Gasteiger partial charge is 0.223 e. The summed E-state index contributed by atoms with van der Waals surface area (Å²) < 4.78 is 5.57. The number of nitriles is 1. The van der Waals surface area contributed by atoms with E-state index in [-0.39, 0.29) is 12.0 Å². The Labute approximate surface area is 114 Å². The largest absolute Gasteiger partial charge is 0.378 e. The van der Waals surface area contributed by atoms with Crippen LogP contribution in [0.1, 0.15) is 38.5 Å². The van der Waals surface area contributed by atoms with Crippen LogP contribution in [-0.2, 0) is 9.53 Å². The minimum absolute atomic E-state index is 0.0377. The molecule has 1 unspecified atom stereocenters. The van der Waals surface area contributed by atoms with Crippen LogP contribution in [0.25, 0.3) is 0 Å². The van der Waals surface area contributed by atoms with Crippen molar-refractivity contribution in [2.45, 2.75) is 50.2 Å². The highest BCUT2D eigenvalue weighted by molar-refractivity contribution is 5.77. The Morgan fingerprint density at radius 1 is 1.47 bits per heavy atom. The van der Waals surface area contributed by atoms with E-state index in [0.29, 0.717) is 19.3 Å². The molecular weight excluding hydrogens is 242 g/mol. The fourth-order valence-corrected chi connectivity index (χ4v) is 2.76. The predicted octanol–water partition coefficient (Wildman–Crippen LogP) is 1.05. The molecule has 0 aromatic carbocycles. The molecule has 0 saturated carbocycles. The summed E-state index contributed by atoms with van der Waals surface area (Å²) >= 11 is 0. The molecule has 1 N–H and O–H groups in total. The number of nitrogens with zero attached hydrogens (tertiary/aromatic N) is 2. The van der Waals surface area contributed by atoms with E-state index in [1.54, 1.807) is 0 Å². The summed E-state index contributed by atoms with van der Waals surface area (Å²) in [6.07, 6.45) is 5.01. The van der Waals surface area contributed by atoms with E-state index < -0.39 is 5.54 Å². The molecule has 2 aliphatic rings. The van der Waals surface area contributed by atoms with Gasteiger partial charge in [-0.1, -0.05) is 0 Å². The summed E-state index contributed by atoms with van der Waals surface area (Å²) in [5.41, 5.74) is -0.668. The van der Waals surface area contributed by atoms with Gasteiger partial charge in [0.2, 0.25) is 5.91 Å². The normalized spacial score (nSPS) is 27.5. The number of amides is 1. The Bertz CT molecular complexity index is 350. The van der Waals surface area contributed by atoms with Gasteiger partial charge in [0.15, 0.2) is 0 Å². The number of hydrogen-bond acceptors (Lipinski definition) is 4. The number of hydrogen-bond donors (Lipinski definition) is 1. The maximum Gasteiger partial charge on any atom is 0.223 e. The minimum Gasteiger partial charge on any atom is -0.378 e. The van der Waals surface area contributed by atoms with Crippen LogP contribution in [0.2, 0.25) is 0 Å². The molecule has 106 valence electrons. The van der Waals surface area contributed by atoms with Gasteiger partial charge in [-0.3, -0.25) is 4.79 Å². The molecule has 0 bridgehead atoms. The van der Waals surface area contributed by atoms with Gasteiger partial charge in [-0.2, -0.15) is 5.26 Å². The summed E-state index contributed by atoms with van der Waals surface area (Å²) in [5.74, 6) is -0.0435. The van der Waals surface area contributed by atoms with Crippen molar-refractivity contribution in [3.63, 3.8) is 0 Å². The lowest BCUT2D eigenvalue weighted by Gasteiger charge is -2.36. The fraction of sp³-hybridized carbons (Fsp3) is 0.857. The first-order chi connectivity index (χ1) is 9.13. The lowest BCUT2D eigenvalue weighted by atomic mass is 9.89. The Morgan fingerprint density at radius 3 is 2.79 bits per heavy atom. The molecule has 2 heterocycles. The molecule has 19 heavy (non-hydrogen) atoms. The molecule has 2 aliphatic heterocycles. The Kier molecular flexibility index (Phi) is 4.78. The van der Waals surface area contributed by atoms with Crippen LogP contribution >= 0.6 is 0 Å². The summed E-state index contributed by atoms with van der Waals surface area (Å²) in [5, 5.41) is 12.3. The summed E-state index contributed by atoms with van der Waals surface area (Å²) in [6.45, 7) is 2.47. The van der Waals surface area contributed by atoms with Crippen molar-refractivity contribution in [3.8, 4) is 6.07 Å². The molecule has 0 spiro atoms. The second kappa shape index (κ2) is 6.36. The predicted molar refractivity (Wildman–Crippen MR) is 71.4 cm³/mol. The minimum atomic E-state index is -0.668. The average molecular weight is 265 g/mol. The van der Waals surface area contributed by atoms with Crippen molar-refractivity contribution in [2.75, 3.05) is 26.7 Å². The second-order valence-electron chi connectivity index (χ2n) is 5.74. The van der Waals surface area contributed by atoms with Crippen LogP contribution in [0, 0.1) is 11.3 Å². The van der Waals surface area contributed by atoms with Crippen LogP contribution in [-0.4, -0.2) is 49.2 Å². The van der Waals surface area contributed by atoms with Crippen LogP contribution in [0.15, 0.2) is 0 Å². The molecular formula is C14H23N3O2. The Balaban J connectivity index is 1.84. The van der Waals surface area contributed by atoms with Crippen molar-refractivity contribution < 1.29 is 9.53 Å². The molecule has 0 radical (unpaired) electrons. The van der Waals surface area contributed by atoms with Crippen LogP contribution in [0.5, 0.6) is 0 Å². The number of rotatable bonds is 3. The van der Waals surface area contributed by atoms with E-state index in [9.17, 15) is 10.1 Å². The van der Waals surface area contributed by atoms with E-state index >= 15 is 0 Å². The first-order valence-electron chi connectivity index (χ1n) is 7.16. The molecule has 5 heteroatoms. The molecule has 0 aliphatic carbocycles. The van der Waals surface area contributed by atoms with Gasteiger partial charge in [0, 0.05) is 19.7 Å². The molecule has 1 amide bonds. The highest BCUT2D eigenvalue weighted by Crippen LogP contribution is 2.22. The number of carbonyl (C=O) groups excluding carboxylic acids is 1. The summed E-state index contributed by atoms with van der Waals surface area (Å²) in [4.78, 5) is 14.3. The highest BCUT2D eigenvalue weighted by Gasteiger charge is 2.35. The number of piperidine rings is 1. The van der Waals surface area contributed by atoms with E-state index in [1.807, 2.05) is 7.05 Å². The van der Waals surface area contributed by atoms with Gasteiger partial charge in [-0.25, -0.2) is 0 Å². The van der Waals surface area contributed by atoms with Crippen molar-refractivity contribution in [1.29, 1.82) is 5.26 Å². The van der Waals surface area contributed by atoms with Gasteiger partial charge < -0.3 is 15.0 Å². The number of carbonyl (C=O) groups is 1. The van der Waals surface area contributed by atoms with Crippen molar-refractivity contribution in [2.24, 2.45) is 0 Å². The van der Waals surface area contributed by atoms with Crippen molar-refractivity contribution in [1.82, 2.24) is 10.2 Å². The zero-order valence-corrected chi connectivity index (χ0v) is 11.7. The van der Waals surface area contributed by atoms with E-state index in [1.165, 1.54) is 0 Å². The van der Waals surface area contributed by atoms with Gasteiger partial charge in [0.1, 0.15) is 5.54 Å². The highest BCUT2D eigenvalue weighted by atomic mass is 16.5. The lowest BCUT2D eigenvalue weighted by molar-refractivity contribution is -0.126. The zero-order valence-electron chi connectivity index (χ0n) is 11.7. The number of ether oxygens (including phenoxy) is 1. The van der Waals surface area contributed by atoms with E-state index in [0.717, 1.165) is 39.0 Å². The van der Waals surface area contributed by atoms with E-state index in [2.05, 4.69) is 16.3 Å². The molecule has 2 rings (SSSR count). The molecule has 0 aromatic rings. The van der Waals surface area contributed by atoms with Gasteiger partial charge in [0.25, 0.3) is 0 Å². The van der Waals surface area contributed by atoms with Gasteiger partial charge >= 0.3 is 0 Å². The molecule has 2 saturated heterocycles. The Morgan fingerprint density at radius 2 is 2.21 bits per heavy atom. The van der Waals surface area contributed by atoms with E-state index in [4.69, 9.17) is 4.74 Å². The quantitative estimate of drug-likeness (QED) is 0.828. The van der Waals surface area contributed by atoms with Gasteiger partial charge in [0.05, 0.1) is 18.6 Å². The number of likely N-dealkylation sites (tertiary alicyclic amines) is 1. The first kappa shape index (κ1) is 14.3.